The number of amides is 1. The van der Waals surface area contributed by atoms with Gasteiger partial charge < -0.3 is 11.1 Å². The summed E-state index contributed by atoms with van der Waals surface area (Å²) < 4.78 is 1.74. The van der Waals surface area contributed by atoms with E-state index in [1.54, 1.807) is 10.1 Å². The Bertz CT molecular complexity index is 589. The highest BCUT2D eigenvalue weighted by Gasteiger charge is 2.17. The minimum atomic E-state index is -0.188. The number of nitrogens with two attached hydrogens (primary N) is 1. The molecule has 0 saturated carbocycles. The van der Waals surface area contributed by atoms with Crippen molar-refractivity contribution in [2.45, 2.75) is 26.4 Å². The monoisotopic (exact) mass is 279 g/mol. The van der Waals surface area contributed by atoms with Gasteiger partial charge in [0.1, 0.15) is 10.7 Å². The maximum atomic E-state index is 12.0. The first-order chi connectivity index (χ1) is 9.01. The third-order valence-corrected chi connectivity index (χ3v) is 3.70. The molecule has 0 aliphatic heterocycles. The molecule has 2 aromatic heterocycles. The van der Waals surface area contributed by atoms with Crippen molar-refractivity contribution in [2.75, 3.05) is 0 Å². The van der Waals surface area contributed by atoms with E-state index in [9.17, 15) is 4.79 Å². The van der Waals surface area contributed by atoms with Crippen LogP contribution in [0.2, 0.25) is 0 Å². The van der Waals surface area contributed by atoms with E-state index < -0.39 is 0 Å². The minimum absolute atomic E-state index is 0.107. The summed E-state index contributed by atoms with van der Waals surface area (Å²) in [5, 5.41) is 9.66. The van der Waals surface area contributed by atoms with Crippen molar-refractivity contribution in [1.29, 1.82) is 0 Å². The lowest BCUT2D eigenvalue weighted by molar-refractivity contribution is 0.0935. The van der Waals surface area contributed by atoms with E-state index in [-0.39, 0.29) is 11.9 Å². The lowest BCUT2D eigenvalue weighted by Gasteiger charge is -2.11. The number of nitrogens with one attached hydrogen (secondary N) is 1. The van der Waals surface area contributed by atoms with Gasteiger partial charge in [0.15, 0.2) is 0 Å². The first-order valence-electron chi connectivity index (χ1n) is 5.96. The van der Waals surface area contributed by atoms with E-state index in [2.05, 4.69) is 15.4 Å². The van der Waals surface area contributed by atoms with E-state index in [0.717, 1.165) is 16.3 Å². The summed E-state index contributed by atoms with van der Waals surface area (Å²) in [5.41, 5.74) is 7.82. The number of hydrogen-bond donors (Lipinski definition) is 2. The second kappa shape index (κ2) is 5.50. The molecule has 7 heteroatoms. The molecule has 0 radical (unpaired) electrons. The van der Waals surface area contributed by atoms with Crippen LogP contribution in [-0.2, 0) is 13.6 Å². The summed E-state index contributed by atoms with van der Waals surface area (Å²) in [7, 11) is 1.86. The number of aromatic nitrogens is 3. The van der Waals surface area contributed by atoms with Crippen molar-refractivity contribution in [3.05, 3.63) is 33.5 Å². The normalized spacial score (nSPS) is 12.4. The quantitative estimate of drug-likeness (QED) is 0.878. The summed E-state index contributed by atoms with van der Waals surface area (Å²) in [4.78, 5) is 16.2. The number of aryl methyl sites for hydroxylation is 2. The maximum Gasteiger partial charge on any atom is 0.271 e. The van der Waals surface area contributed by atoms with Gasteiger partial charge in [0.2, 0.25) is 0 Å². The van der Waals surface area contributed by atoms with Crippen molar-refractivity contribution in [3.63, 3.8) is 0 Å². The largest absolute Gasteiger partial charge is 0.344 e. The summed E-state index contributed by atoms with van der Waals surface area (Å²) in [5.74, 6) is -0.188. The van der Waals surface area contributed by atoms with Crippen LogP contribution in [0.25, 0.3) is 0 Å². The highest BCUT2D eigenvalue weighted by molar-refractivity contribution is 7.09. The lowest BCUT2D eigenvalue weighted by atomic mass is 10.1. The average molecular weight is 279 g/mol. The molecular weight excluding hydrogens is 262 g/mol. The second-order valence-electron chi connectivity index (χ2n) is 4.37. The van der Waals surface area contributed by atoms with Crippen molar-refractivity contribution in [2.24, 2.45) is 12.8 Å². The molecule has 3 N–H and O–H groups in total. The summed E-state index contributed by atoms with van der Waals surface area (Å²) >= 11 is 1.39. The second-order valence-corrected chi connectivity index (χ2v) is 5.31. The zero-order valence-electron chi connectivity index (χ0n) is 11.2. The summed E-state index contributed by atoms with van der Waals surface area (Å²) in [6.45, 7) is 4.21. The van der Waals surface area contributed by atoms with E-state index in [4.69, 9.17) is 5.73 Å². The molecule has 102 valence electrons. The summed E-state index contributed by atoms with van der Waals surface area (Å²) in [6.07, 6.45) is 1.91. The smallest absolute Gasteiger partial charge is 0.271 e. The van der Waals surface area contributed by atoms with Gasteiger partial charge in [-0.15, -0.1) is 11.3 Å². The fraction of sp³-hybridized carbons (Fsp3) is 0.417. The van der Waals surface area contributed by atoms with Crippen LogP contribution in [0.4, 0.5) is 0 Å². The van der Waals surface area contributed by atoms with Crippen LogP contribution in [-0.4, -0.2) is 20.7 Å². The molecule has 1 amide bonds. The number of nitrogens with zero attached hydrogens (tertiary/aromatic N) is 3. The SMILES string of the molecule is Cc1nn(C)cc1C(C)NC(=O)c1csc(CN)n1. The molecule has 2 rings (SSSR count). The molecule has 6 nitrogen and oxygen atoms in total. The molecule has 1 unspecified atom stereocenters. The fourth-order valence-electron chi connectivity index (χ4n) is 1.90. The first kappa shape index (κ1) is 13.7. The molecular formula is C12H17N5OS. The first-order valence-corrected chi connectivity index (χ1v) is 6.84. The van der Waals surface area contributed by atoms with Gasteiger partial charge >= 0.3 is 0 Å². The van der Waals surface area contributed by atoms with E-state index in [1.165, 1.54) is 11.3 Å². The van der Waals surface area contributed by atoms with Crippen molar-refractivity contribution in [1.82, 2.24) is 20.1 Å². The molecule has 0 spiro atoms. The van der Waals surface area contributed by atoms with Gasteiger partial charge in [0.25, 0.3) is 5.91 Å². The highest BCUT2D eigenvalue weighted by Crippen LogP contribution is 2.16. The molecule has 0 saturated heterocycles. The van der Waals surface area contributed by atoms with Gasteiger partial charge in [-0.05, 0) is 13.8 Å². The van der Waals surface area contributed by atoms with Crippen LogP contribution in [0.3, 0.4) is 0 Å². The van der Waals surface area contributed by atoms with Gasteiger partial charge in [-0.1, -0.05) is 0 Å². The number of carbonyl (C=O) groups excluding carboxylic acids is 1. The molecule has 0 aromatic carbocycles. The predicted octanol–water partition coefficient (Wildman–Crippen LogP) is 1.13. The Morgan fingerprint density at radius 1 is 1.63 bits per heavy atom. The third-order valence-electron chi connectivity index (χ3n) is 2.82. The maximum absolute atomic E-state index is 12.0. The predicted molar refractivity (Wildman–Crippen MR) is 73.8 cm³/mol. The fourth-order valence-corrected chi connectivity index (χ4v) is 2.55. The van der Waals surface area contributed by atoms with Crippen molar-refractivity contribution >= 4 is 17.2 Å². The van der Waals surface area contributed by atoms with Crippen molar-refractivity contribution in [3.8, 4) is 0 Å². The van der Waals surface area contributed by atoms with Crippen LogP contribution in [0, 0.1) is 6.92 Å². The molecule has 19 heavy (non-hydrogen) atoms. The highest BCUT2D eigenvalue weighted by atomic mass is 32.1. The molecule has 1 atom stereocenters. The minimum Gasteiger partial charge on any atom is -0.344 e. The van der Waals surface area contributed by atoms with Gasteiger partial charge in [0, 0.05) is 30.7 Å². The Morgan fingerprint density at radius 2 is 2.37 bits per heavy atom. The van der Waals surface area contributed by atoms with Gasteiger partial charge in [0.05, 0.1) is 11.7 Å². The van der Waals surface area contributed by atoms with E-state index in [0.29, 0.717) is 12.2 Å². The van der Waals surface area contributed by atoms with Crippen LogP contribution in [0.5, 0.6) is 0 Å². The van der Waals surface area contributed by atoms with Gasteiger partial charge in [-0.3, -0.25) is 9.48 Å². The Morgan fingerprint density at radius 3 is 2.89 bits per heavy atom. The summed E-state index contributed by atoms with van der Waals surface area (Å²) in [6, 6.07) is -0.107. The number of thiazole rings is 1. The number of hydrogen-bond acceptors (Lipinski definition) is 5. The van der Waals surface area contributed by atoms with Gasteiger partial charge in [-0.25, -0.2) is 4.98 Å². The van der Waals surface area contributed by atoms with Crippen LogP contribution in [0.1, 0.15) is 39.7 Å². The number of rotatable bonds is 4. The van der Waals surface area contributed by atoms with Crippen molar-refractivity contribution < 1.29 is 4.79 Å². The Hall–Kier alpha value is -1.73. The van der Waals surface area contributed by atoms with Crippen LogP contribution < -0.4 is 11.1 Å². The Labute approximate surface area is 115 Å². The molecule has 0 bridgehead atoms. The molecule has 0 aliphatic carbocycles. The standard InChI is InChI=1S/C12H17N5OS/c1-7(9-5-17(3)16-8(9)2)14-12(18)10-6-19-11(4-13)15-10/h5-7H,4,13H2,1-3H3,(H,14,18). The Kier molecular flexibility index (Phi) is 3.96. The zero-order valence-corrected chi connectivity index (χ0v) is 12.0. The van der Waals surface area contributed by atoms with Crippen LogP contribution in [0.15, 0.2) is 11.6 Å². The van der Waals surface area contributed by atoms with E-state index in [1.807, 2.05) is 27.1 Å². The number of carbonyl (C=O) groups is 1. The average Bonchev–Trinajstić information content (AvgIpc) is 2.95. The third kappa shape index (κ3) is 2.99. The zero-order chi connectivity index (χ0) is 14.0. The lowest BCUT2D eigenvalue weighted by Crippen LogP contribution is -2.27. The van der Waals surface area contributed by atoms with Crippen LogP contribution >= 0.6 is 11.3 Å². The molecule has 0 fully saturated rings. The molecule has 0 aliphatic rings. The topological polar surface area (TPSA) is 85.8 Å². The molecule has 2 aromatic rings. The molecule has 2 heterocycles. The Balaban J connectivity index is 2.08. The van der Waals surface area contributed by atoms with Gasteiger partial charge in [-0.2, -0.15) is 5.10 Å². The van der Waals surface area contributed by atoms with E-state index >= 15 is 0 Å².